The predicted octanol–water partition coefficient (Wildman–Crippen LogP) is 0.332. The number of nitrogens with zero attached hydrogens (tertiary/aromatic N) is 4. The van der Waals surface area contributed by atoms with Crippen LogP contribution in [-0.4, -0.2) is 60.0 Å². The summed E-state index contributed by atoms with van der Waals surface area (Å²) in [5.41, 5.74) is -0.637. The van der Waals surface area contributed by atoms with Crippen LogP contribution < -0.4 is 0 Å². The van der Waals surface area contributed by atoms with E-state index in [4.69, 9.17) is 5.26 Å². The van der Waals surface area contributed by atoms with Crippen LogP contribution >= 0.6 is 0 Å². The lowest BCUT2D eigenvalue weighted by Gasteiger charge is -2.37. The number of imidazole rings is 1. The lowest BCUT2D eigenvalue weighted by atomic mass is 10.2. The Hall–Kier alpha value is -1.43. The first kappa shape index (κ1) is 14.5. The minimum Gasteiger partial charge on any atom is -0.347 e. The van der Waals surface area contributed by atoms with Crippen molar-refractivity contribution in [2.75, 3.05) is 32.4 Å². The molecule has 1 atom stereocenters. The van der Waals surface area contributed by atoms with Crippen LogP contribution in [0.5, 0.6) is 0 Å². The molecule has 1 aromatic heterocycles. The monoisotopic (exact) mass is 309 g/mol. The number of likely N-dealkylation sites (N-methyl/N-ethyl adjacent to an activating group) is 1. The van der Waals surface area contributed by atoms with E-state index in [1.54, 1.807) is 12.4 Å². The molecule has 0 aromatic carbocycles. The molecular formula is C13H19N5O2S. The molecule has 0 bridgehead atoms. The van der Waals surface area contributed by atoms with Crippen LogP contribution in [0.1, 0.15) is 24.7 Å². The average molecular weight is 309 g/mol. The van der Waals surface area contributed by atoms with Gasteiger partial charge in [0.05, 0.1) is 23.3 Å². The van der Waals surface area contributed by atoms with Gasteiger partial charge in [0.2, 0.25) is 10.0 Å². The minimum absolute atomic E-state index is 0.0505. The Bertz CT molecular complexity index is 645. The largest absolute Gasteiger partial charge is 0.347 e. The van der Waals surface area contributed by atoms with E-state index in [0.29, 0.717) is 32.5 Å². The SMILES string of the molecule is CN1CCN(S(=O)(=O)CC2(C#N)CC2)CC1c1ncc[nH]1. The maximum Gasteiger partial charge on any atom is 0.215 e. The van der Waals surface area contributed by atoms with Gasteiger partial charge in [0.25, 0.3) is 0 Å². The second kappa shape index (κ2) is 5.09. The van der Waals surface area contributed by atoms with Gasteiger partial charge in [0.1, 0.15) is 5.82 Å². The molecule has 3 rings (SSSR count). The Balaban J connectivity index is 1.76. The van der Waals surface area contributed by atoms with E-state index in [1.165, 1.54) is 4.31 Å². The molecule has 2 fully saturated rings. The number of sulfonamides is 1. The molecular weight excluding hydrogens is 290 g/mol. The van der Waals surface area contributed by atoms with Gasteiger partial charge in [0, 0.05) is 32.0 Å². The Morgan fingerprint density at radius 2 is 2.29 bits per heavy atom. The van der Waals surface area contributed by atoms with Crippen molar-refractivity contribution in [2.45, 2.75) is 18.9 Å². The number of aromatic amines is 1. The number of aromatic nitrogens is 2. The molecule has 1 saturated heterocycles. The topological polar surface area (TPSA) is 93.1 Å². The highest BCUT2D eigenvalue weighted by Crippen LogP contribution is 2.46. The van der Waals surface area contributed by atoms with E-state index in [2.05, 4.69) is 20.9 Å². The maximum atomic E-state index is 12.5. The minimum atomic E-state index is -3.40. The highest BCUT2D eigenvalue weighted by molar-refractivity contribution is 7.89. The zero-order chi connectivity index (χ0) is 15.1. The molecule has 1 aliphatic heterocycles. The van der Waals surface area contributed by atoms with E-state index in [9.17, 15) is 8.42 Å². The van der Waals surface area contributed by atoms with Gasteiger partial charge in [-0.3, -0.25) is 4.90 Å². The van der Waals surface area contributed by atoms with Crippen LogP contribution in [0.4, 0.5) is 0 Å². The van der Waals surface area contributed by atoms with Gasteiger partial charge < -0.3 is 4.98 Å². The summed E-state index contributed by atoms with van der Waals surface area (Å²) < 4.78 is 26.6. The fourth-order valence-electron chi connectivity index (χ4n) is 2.74. The Morgan fingerprint density at radius 1 is 1.52 bits per heavy atom. The van der Waals surface area contributed by atoms with Crippen molar-refractivity contribution >= 4 is 10.0 Å². The Labute approximate surface area is 124 Å². The van der Waals surface area contributed by atoms with Crippen LogP contribution in [0.15, 0.2) is 12.4 Å². The normalized spacial score (nSPS) is 26.4. The van der Waals surface area contributed by atoms with Crippen molar-refractivity contribution in [1.29, 1.82) is 5.26 Å². The van der Waals surface area contributed by atoms with Crippen molar-refractivity contribution in [1.82, 2.24) is 19.2 Å². The van der Waals surface area contributed by atoms with Crippen molar-refractivity contribution in [3.05, 3.63) is 18.2 Å². The van der Waals surface area contributed by atoms with Crippen molar-refractivity contribution in [2.24, 2.45) is 5.41 Å². The number of H-pyrrole nitrogens is 1. The summed E-state index contributed by atoms with van der Waals surface area (Å²) in [5, 5.41) is 9.11. The zero-order valence-corrected chi connectivity index (χ0v) is 12.8. The molecule has 2 heterocycles. The van der Waals surface area contributed by atoms with Gasteiger partial charge in [0.15, 0.2) is 0 Å². The lowest BCUT2D eigenvalue weighted by molar-refractivity contribution is 0.142. The highest BCUT2D eigenvalue weighted by atomic mass is 32.2. The first-order chi connectivity index (χ1) is 9.96. The molecule has 0 amide bonds. The second-order valence-corrected chi connectivity index (χ2v) is 7.95. The third-order valence-corrected chi connectivity index (χ3v) is 6.42. The first-order valence-electron chi connectivity index (χ1n) is 7.04. The summed E-state index contributed by atoms with van der Waals surface area (Å²) in [4.78, 5) is 9.39. The van der Waals surface area contributed by atoms with Crippen molar-refractivity contribution < 1.29 is 8.42 Å². The third kappa shape index (κ3) is 2.81. The quantitative estimate of drug-likeness (QED) is 0.865. The number of piperazine rings is 1. The van der Waals surface area contributed by atoms with Crippen molar-refractivity contribution in [3.8, 4) is 6.07 Å². The molecule has 1 N–H and O–H groups in total. The molecule has 7 nitrogen and oxygen atoms in total. The molecule has 2 aliphatic rings. The molecule has 21 heavy (non-hydrogen) atoms. The van der Waals surface area contributed by atoms with Gasteiger partial charge in [-0.2, -0.15) is 9.57 Å². The molecule has 0 spiro atoms. The molecule has 8 heteroatoms. The third-order valence-electron chi connectivity index (χ3n) is 4.39. The average Bonchev–Trinajstić information content (AvgIpc) is 3.00. The van der Waals surface area contributed by atoms with E-state index in [0.717, 1.165) is 5.82 Å². The fourth-order valence-corrected chi connectivity index (χ4v) is 4.70. The number of hydrogen-bond donors (Lipinski definition) is 1. The molecule has 1 aliphatic carbocycles. The summed E-state index contributed by atoms with van der Waals surface area (Å²) in [6, 6.07) is 2.09. The zero-order valence-electron chi connectivity index (χ0n) is 12.0. The number of hydrogen-bond acceptors (Lipinski definition) is 5. The Morgan fingerprint density at radius 3 is 2.86 bits per heavy atom. The molecule has 1 aromatic rings. The number of nitrogens with one attached hydrogen (secondary N) is 1. The predicted molar refractivity (Wildman–Crippen MR) is 76.6 cm³/mol. The van der Waals surface area contributed by atoms with Gasteiger partial charge in [-0.05, 0) is 19.9 Å². The van der Waals surface area contributed by atoms with Gasteiger partial charge in [-0.25, -0.2) is 13.4 Å². The van der Waals surface area contributed by atoms with Crippen LogP contribution in [0, 0.1) is 16.7 Å². The van der Waals surface area contributed by atoms with Crippen molar-refractivity contribution in [3.63, 3.8) is 0 Å². The summed E-state index contributed by atoms with van der Waals surface area (Å²) in [5.74, 6) is 0.726. The molecule has 1 unspecified atom stereocenters. The Kier molecular flexibility index (Phi) is 3.51. The van der Waals surface area contributed by atoms with Gasteiger partial charge in [-0.15, -0.1) is 0 Å². The van der Waals surface area contributed by atoms with Gasteiger partial charge >= 0.3 is 0 Å². The molecule has 0 radical (unpaired) electrons. The van der Waals surface area contributed by atoms with E-state index >= 15 is 0 Å². The molecule has 1 saturated carbocycles. The van der Waals surface area contributed by atoms with E-state index < -0.39 is 15.4 Å². The van der Waals surface area contributed by atoms with Crippen LogP contribution in [0.2, 0.25) is 0 Å². The summed E-state index contributed by atoms with van der Waals surface area (Å²) >= 11 is 0. The summed E-state index contributed by atoms with van der Waals surface area (Å²) in [6.07, 6.45) is 4.80. The van der Waals surface area contributed by atoms with Gasteiger partial charge in [-0.1, -0.05) is 0 Å². The van der Waals surface area contributed by atoms with Crippen LogP contribution in [0.25, 0.3) is 0 Å². The summed E-state index contributed by atoms with van der Waals surface area (Å²) in [7, 11) is -1.43. The summed E-state index contributed by atoms with van der Waals surface area (Å²) in [6.45, 7) is 1.51. The number of nitriles is 1. The van der Waals surface area contributed by atoms with Crippen LogP contribution in [0.3, 0.4) is 0 Å². The highest BCUT2D eigenvalue weighted by Gasteiger charge is 2.48. The van der Waals surface area contributed by atoms with Crippen LogP contribution in [-0.2, 0) is 10.0 Å². The first-order valence-corrected chi connectivity index (χ1v) is 8.65. The van der Waals surface area contributed by atoms with E-state index in [-0.39, 0.29) is 11.8 Å². The maximum absolute atomic E-state index is 12.5. The lowest BCUT2D eigenvalue weighted by Crippen LogP contribution is -2.50. The fraction of sp³-hybridized carbons (Fsp3) is 0.692. The smallest absolute Gasteiger partial charge is 0.215 e. The second-order valence-electron chi connectivity index (χ2n) is 5.98. The molecule has 114 valence electrons. The van der Waals surface area contributed by atoms with E-state index in [1.807, 2.05) is 7.05 Å². The number of rotatable bonds is 4. The standard InChI is InChI=1S/C13H19N5O2S/c1-17-6-7-18(8-11(17)12-15-4-5-16-12)21(19,20)10-13(9-14)2-3-13/h4-5,11H,2-3,6-8,10H2,1H3,(H,15,16).